The minimum Gasteiger partial charge on any atom is -0.371 e. The van der Waals surface area contributed by atoms with Crippen LogP contribution in [0.15, 0.2) is 59.5 Å². The standard InChI is InChI=1S/C18H18F3NO3S/c19-18(20,21)14-8-6-13(7-9-14)12-25-16-10-22-11-17(16)26(23,24)15-4-2-1-3-5-15/h1-9,16-17,22H,10-12H2. The van der Waals surface area contributed by atoms with Gasteiger partial charge in [0, 0.05) is 13.1 Å². The Kier molecular flexibility index (Phi) is 5.36. The number of hydrogen-bond donors (Lipinski definition) is 1. The van der Waals surface area contributed by atoms with Crippen molar-refractivity contribution in [3.05, 3.63) is 65.7 Å². The van der Waals surface area contributed by atoms with E-state index >= 15 is 0 Å². The fourth-order valence-electron chi connectivity index (χ4n) is 2.88. The largest absolute Gasteiger partial charge is 0.416 e. The third-order valence-corrected chi connectivity index (χ3v) is 6.52. The van der Waals surface area contributed by atoms with Crippen LogP contribution < -0.4 is 5.32 Å². The average molecular weight is 385 g/mol. The van der Waals surface area contributed by atoms with Gasteiger partial charge in [-0.3, -0.25) is 0 Å². The van der Waals surface area contributed by atoms with E-state index in [0.29, 0.717) is 12.1 Å². The molecule has 0 aliphatic carbocycles. The maximum absolute atomic E-state index is 12.8. The highest BCUT2D eigenvalue weighted by atomic mass is 32.2. The zero-order valence-electron chi connectivity index (χ0n) is 13.7. The van der Waals surface area contributed by atoms with Crippen molar-refractivity contribution in [1.29, 1.82) is 0 Å². The molecule has 1 fully saturated rings. The van der Waals surface area contributed by atoms with Gasteiger partial charge in [-0.15, -0.1) is 0 Å². The van der Waals surface area contributed by atoms with Crippen LogP contribution in [0.2, 0.25) is 0 Å². The maximum Gasteiger partial charge on any atom is 0.416 e. The van der Waals surface area contributed by atoms with Crippen LogP contribution in [0.3, 0.4) is 0 Å². The van der Waals surface area contributed by atoms with E-state index < -0.39 is 32.9 Å². The van der Waals surface area contributed by atoms with Crippen LogP contribution in [0.5, 0.6) is 0 Å². The van der Waals surface area contributed by atoms with Gasteiger partial charge in [0.05, 0.1) is 23.2 Å². The van der Waals surface area contributed by atoms with Crippen LogP contribution in [-0.2, 0) is 27.4 Å². The zero-order chi connectivity index (χ0) is 18.8. The topological polar surface area (TPSA) is 55.4 Å². The van der Waals surface area contributed by atoms with Crippen molar-refractivity contribution in [1.82, 2.24) is 5.32 Å². The molecule has 2 atom stereocenters. The van der Waals surface area contributed by atoms with E-state index in [2.05, 4.69) is 5.32 Å². The third-order valence-electron chi connectivity index (χ3n) is 4.32. The summed E-state index contributed by atoms with van der Waals surface area (Å²) in [6, 6.07) is 12.8. The molecule has 3 rings (SSSR count). The summed E-state index contributed by atoms with van der Waals surface area (Å²) in [5, 5.41) is 2.27. The summed E-state index contributed by atoms with van der Waals surface area (Å²) in [5.41, 5.74) is -0.172. The first-order valence-corrected chi connectivity index (χ1v) is 9.60. The normalized spacial score (nSPS) is 21.0. The van der Waals surface area contributed by atoms with Gasteiger partial charge in [-0.1, -0.05) is 30.3 Å². The van der Waals surface area contributed by atoms with Crippen LogP contribution in [0, 0.1) is 0 Å². The van der Waals surface area contributed by atoms with Gasteiger partial charge in [0.1, 0.15) is 5.25 Å². The second kappa shape index (κ2) is 7.38. The van der Waals surface area contributed by atoms with Gasteiger partial charge < -0.3 is 10.1 Å². The lowest BCUT2D eigenvalue weighted by atomic mass is 10.1. The Bertz CT molecular complexity index is 836. The van der Waals surface area contributed by atoms with E-state index in [1.807, 2.05) is 0 Å². The van der Waals surface area contributed by atoms with E-state index in [4.69, 9.17) is 4.74 Å². The van der Waals surface area contributed by atoms with Crippen molar-refractivity contribution < 1.29 is 26.3 Å². The molecule has 2 aromatic carbocycles. The van der Waals surface area contributed by atoms with Gasteiger partial charge in [0.25, 0.3) is 0 Å². The first kappa shape index (κ1) is 18.9. The molecular formula is C18H18F3NO3S. The molecule has 0 aromatic heterocycles. The zero-order valence-corrected chi connectivity index (χ0v) is 14.6. The second-order valence-electron chi connectivity index (χ2n) is 6.10. The first-order chi connectivity index (χ1) is 12.3. The van der Waals surface area contributed by atoms with E-state index in [9.17, 15) is 21.6 Å². The van der Waals surface area contributed by atoms with Crippen molar-refractivity contribution in [3.63, 3.8) is 0 Å². The van der Waals surface area contributed by atoms with Crippen molar-refractivity contribution in [2.45, 2.75) is 29.0 Å². The van der Waals surface area contributed by atoms with Gasteiger partial charge in [0.15, 0.2) is 9.84 Å². The minimum absolute atomic E-state index is 0.0469. The average Bonchev–Trinajstić information content (AvgIpc) is 3.10. The molecule has 1 aliphatic rings. The molecule has 0 spiro atoms. The highest BCUT2D eigenvalue weighted by Crippen LogP contribution is 2.29. The van der Waals surface area contributed by atoms with Crippen LogP contribution in [-0.4, -0.2) is 32.9 Å². The number of rotatable bonds is 5. The van der Waals surface area contributed by atoms with Crippen molar-refractivity contribution in [2.24, 2.45) is 0 Å². The van der Waals surface area contributed by atoms with E-state index in [0.717, 1.165) is 12.1 Å². The molecule has 4 nitrogen and oxygen atoms in total. The predicted octanol–water partition coefficient (Wildman–Crippen LogP) is 3.04. The van der Waals surface area contributed by atoms with Gasteiger partial charge in [-0.05, 0) is 29.8 Å². The Hall–Kier alpha value is -1.90. The summed E-state index contributed by atoms with van der Waals surface area (Å²) in [7, 11) is -3.55. The molecular weight excluding hydrogens is 367 g/mol. The lowest BCUT2D eigenvalue weighted by Crippen LogP contribution is -2.35. The Morgan fingerprint density at radius 2 is 1.65 bits per heavy atom. The maximum atomic E-state index is 12.8. The molecule has 1 saturated heterocycles. The van der Waals surface area contributed by atoms with Crippen molar-refractivity contribution >= 4 is 9.84 Å². The fraction of sp³-hybridized carbons (Fsp3) is 0.333. The van der Waals surface area contributed by atoms with Gasteiger partial charge in [-0.2, -0.15) is 13.2 Å². The van der Waals surface area contributed by atoms with Crippen LogP contribution in [0.1, 0.15) is 11.1 Å². The minimum atomic E-state index is -4.39. The Balaban J connectivity index is 1.68. The van der Waals surface area contributed by atoms with Gasteiger partial charge >= 0.3 is 6.18 Å². The number of alkyl halides is 3. The van der Waals surface area contributed by atoms with E-state index in [1.165, 1.54) is 12.1 Å². The molecule has 140 valence electrons. The smallest absolute Gasteiger partial charge is 0.371 e. The molecule has 2 aromatic rings. The number of halogens is 3. The Labute approximate surface area is 149 Å². The monoisotopic (exact) mass is 385 g/mol. The predicted molar refractivity (Wildman–Crippen MR) is 90.3 cm³/mol. The third kappa shape index (κ3) is 4.08. The number of ether oxygens (including phenoxy) is 1. The molecule has 1 heterocycles. The summed E-state index contributed by atoms with van der Waals surface area (Å²) in [4.78, 5) is 0.233. The van der Waals surface area contributed by atoms with E-state index in [-0.39, 0.29) is 18.0 Å². The molecule has 0 saturated carbocycles. The van der Waals surface area contributed by atoms with Crippen molar-refractivity contribution in [2.75, 3.05) is 13.1 Å². The number of sulfone groups is 1. The molecule has 0 amide bonds. The number of nitrogens with one attached hydrogen (secondary N) is 1. The van der Waals surface area contributed by atoms with Gasteiger partial charge in [0.2, 0.25) is 0 Å². The molecule has 8 heteroatoms. The SMILES string of the molecule is O=S(=O)(c1ccccc1)C1CNCC1OCc1ccc(C(F)(F)F)cc1. The summed E-state index contributed by atoms with van der Waals surface area (Å²) < 4.78 is 69.0. The summed E-state index contributed by atoms with van der Waals surface area (Å²) in [5.74, 6) is 0. The summed E-state index contributed by atoms with van der Waals surface area (Å²) >= 11 is 0. The molecule has 0 bridgehead atoms. The molecule has 0 radical (unpaired) electrons. The highest BCUT2D eigenvalue weighted by molar-refractivity contribution is 7.92. The number of benzene rings is 2. The van der Waals surface area contributed by atoms with Crippen LogP contribution in [0.4, 0.5) is 13.2 Å². The Morgan fingerprint density at radius 3 is 2.27 bits per heavy atom. The quantitative estimate of drug-likeness (QED) is 0.860. The lowest BCUT2D eigenvalue weighted by molar-refractivity contribution is -0.137. The van der Waals surface area contributed by atoms with Gasteiger partial charge in [-0.25, -0.2) is 8.42 Å². The van der Waals surface area contributed by atoms with E-state index in [1.54, 1.807) is 30.3 Å². The van der Waals surface area contributed by atoms with Crippen molar-refractivity contribution in [3.8, 4) is 0 Å². The highest BCUT2D eigenvalue weighted by Gasteiger charge is 2.39. The number of hydrogen-bond acceptors (Lipinski definition) is 4. The Morgan fingerprint density at radius 1 is 1.00 bits per heavy atom. The molecule has 1 N–H and O–H groups in total. The first-order valence-electron chi connectivity index (χ1n) is 8.06. The van der Waals surface area contributed by atoms with Crippen LogP contribution >= 0.6 is 0 Å². The molecule has 1 aliphatic heterocycles. The molecule has 2 unspecified atom stereocenters. The van der Waals surface area contributed by atoms with Crippen LogP contribution in [0.25, 0.3) is 0 Å². The lowest BCUT2D eigenvalue weighted by Gasteiger charge is -2.20. The fourth-order valence-corrected chi connectivity index (χ4v) is 4.68. The summed E-state index contributed by atoms with van der Waals surface area (Å²) in [6.45, 7) is 0.692. The second-order valence-corrected chi connectivity index (χ2v) is 8.27. The summed E-state index contributed by atoms with van der Waals surface area (Å²) in [6.07, 6.45) is -4.95. The molecule has 26 heavy (non-hydrogen) atoms.